The van der Waals surface area contributed by atoms with Crippen molar-refractivity contribution < 1.29 is 14.3 Å². The number of hydrogen-bond donors (Lipinski definition) is 0. The highest BCUT2D eigenvalue weighted by molar-refractivity contribution is 5.77. The molecule has 0 spiro atoms. The van der Waals surface area contributed by atoms with Crippen molar-refractivity contribution in [3.8, 4) is 5.75 Å². The molecule has 15 heavy (non-hydrogen) atoms. The Hall–Kier alpha value is -1.35. The van der Waals surface area contributed by atoms with Crippen LogP contribution in [0, 0.1) is 6.92 Å². The Morgan fingerprint density at radius 1 is 1.40 bits per heavy atom. The number of carbonyl (C=O) groups excluding carboxylic acids is 1. The van der Waals surface area contributed by atoms with Gasteiger partial charge in [-0.05, 0) is 31.9 Å². The Balaban J connectivity index is 1.96. The van der Waals surface area contributed by atoms with Gasteiger partial charge in [0.25, 0.3) is 0 Å². The first-order valence-corrected chi connectivity index (χ1v) is 5.16. The summed E-state index contributed by atoms with van der Waals surface area (Å²) in [5, 5.41) is 0. The number of esters is 1. The minimum absolute atomic E-state index is 0.281. The lowest BCUT2D eigenvalue weighted by molar-refractivity contribution is -0.144. The summed E-state index contributed by atoms with van der Waals surface area (Å²) in [5.41, 5.74) is 1.15. The third-order valence-corrected chi connectivity index (χ3v) is 2.43. The van der Waals surface area contributed by atoms with Crippen LogP contribution in [0.4, 0.5) is 0 Å². The van der Waals surface area contributed by atoms with Crippen LogP contribution in [0.5, 0.6) is 5.75 Å². The molecule has 1 aromatic rings. The van der Waals surface area contributed by atoms with Crippen LogP contribution >= 0.6 is 0 Å². The smallest absolute Gasteiger partial charge is 0.340 e. The molecule has 0 radical (unpaired) electrons. The molecule has 0 aromatic heterocycles. The first-order valence-electron chi connectivity index (χ1n) is 5.16. The second-order valence-electron chi connectivity index (χ2n) is 3.74. The summed E-state index contributed by atoms with van der Waals surface area (Å²) in [6.45, 7) is 2.65. The zero-order valence-electron chi connectivity index (χ0n) is 8.73. The minimum Gasteiger partial charge on any atom is -0.425 e. The molecule has 80 valence electrons. The predicted octanol–water partition coefficient (Wildman–Crippen LogP) is 2.08. The lowest BCUT2D eigenvalue weighted by Crippen LogP contribution is -2.24. The summed E-state index contributed by atoms with van der Waals surface area (Å²) in [5.74, 6) is 0.303. The first kappa shape index (κ1) is 10.2. The van der Waals surface area contributed by atoms with Gasteiger partial charge in [-0.25, -0.2) is 4.79 Å². The van der Waals surface area contributed by atoms with E-state index in [0.29, 0.717) is 12.4 Å². The molecule has 1 aliphatic rings. The normalized spacial score (nSPS) is 20.2. The Morgan fingerprint density at radius 2 is 2.13 bits per heavy atom. The molecule has 0 N–H and O–H groups in total. The van der Waals surface area contributed by atoms with Crippen molar-refractivity contribution in [2.45, 2.75) is 25.9 Å². The minimum atomic E-state index is -0.369. The maximum atomic E-state index is 11.6. The Kier molecular flexibility index (Phi) is 3.02. The number of ether oxygens (including phenoxy) is 2. The van der Waals surface area contributed by atoms with Crippen LogP contribution in [0.3, 0.4) is 0 Å². The molecule has 1 heterocycles. The molecule has 1 fully saturated rings. The van der Waals surface area contributed by atoms with Gasteiger partial charge in [0, 0.05) is 6.61 Å². The maximum Gasteiger partial charge on any atom is 0.340 e. The van der Waals surface area contributed by atoms with E-state index in [1.54, 1.807) is 12.1 Å². The van der Waals surface area contributed by atoms with Gasteiger partial charge >= 0.3 is 5.97 Å². The summed E-state index contributed by atoms with van der Waals surface area (Å²) in [6.07, 6.45) is 1.34. The lowest BCUT2D eigenvalue weighted by atomic mass is 10.2. The second kappa shape index (κ2) is 4.45. The molecule has 1 aliphatic heterocycles. The highest BCUT2D eigenvalue weighted by Gasteiger charge is 2.25. The largest absolute Gasteiger partial charge is 0.425 e. The Labute approximate surface area is 89.0 Å². The van der Waals surface area contributed by atoms with Gasteiger partial charge in [0.1, 0.15) is 5.75 Å². The fourth-order valence-electron chi connectivity index (χ4n) is 1.55. The summed E-state index contributed by atoms with van der Waals surface area (Å²) < 4.78 is 10.4. The quantitative estimate of drug-likeness (QED) is 0.549. The molecule has 1 atom stereocenters. The van der Waals surface area contributed by atoms with Crippen LogP contribution in [0.1, 0.15) is 18.4 Å². The number of benzene rings is 1. The van der Waals surface area contributed by atoms with Gasteiger partial charge in [0.2, 0.25) is 0 Å². The monoisotopic (exact) mass is 206 g/mol. The van der Waals surface area contributed by atoms with E-state index in [1.807, 2.05) is 19.1 Å². The lowest BCUT2D eigenvalue weighted by Gasteiger charge is -2.09. The molecule has 3 heteroatoms. The third kappa shape index (κ3) is 2.57. The Bertz CT molecular complexity index is 336. The van der Waals surface area contributed by atoms with Crippen molar-refractivity contribution in [1.29, 1.82) is 0 Å². The maximum absolute atomic E-state index is 11.6. The van der Waals surface area contributed by atoms with Gasteiger partial charge in [-0.3, -0.25) is 0 Å². The average molecular weight is 206 g/mol. The molecule has 0 aliphatic carbocycles. The standard InChI is InChI=1S/C12H14O3/c1-9-4-6-10(7-5-9)15-12(13)11-3-2-8-14-11/h4-7,11H,2-3,8H2,1H3. The fourth-order valence-corrected chi connectivity index (χ4v) is 1.55. The van der Waals surface area contributed by atoms with Crippen LogP contribution < -0.4 is 4.74 Å². The van der Waals surface area contributed by atoms with E-state index in [-0.39, 0.29) is 12.1 Å². The van der Waals surface area contributed by atoms with Crippen LogP contribution in [-0.2, 0) is 9.53 Å². The van der Waals surface area contributed by atoms with Crippen molar-refractivity contribution in [2.75, 3.05) is 6.61 Å². The first-order chi connectivity index (χ1) is 7.25. The van der Waals surface area contributed by atoms with Crippen LogP contribution in [-0.4, -0.2) is 18.7 Å². The van der Waals surface area contributed by atoms with Crippen LogP contribution in [0.25, 0.3) is 0 Å². The van der Waals surface area contributed by atoms with E-state index in [1.165, 1.54) is 0 Å². The van der Waals surface area contributed by atoms with Crippen molar-refractivity contribution in [2.24, 2.45) is 0 Å². The van der Waals surface area contributed by atoms with Crippen LogP contribution in [0.15, 0.2) is 24.3 Å². The van der Waals surface area contributed by atoms with Gasteiger partial charge in [-0.2, -0.15) is 0 Å². The molecule has 1 unspecified atom stereocenters. The molecule has 3 nitrogen and oxygen atoms in total. The molecular formula is C12H14O3. The van der Waals surface area contributed by atoms with E-state index in [2.05, 4.69) is 0 Å². The highest BCUT2D eigenvalue weighted by atomic mass is 16.6. The SMILES string of the molecule is Cc1ccc(OC(=O)C2CCCO2)cc1. The molecule has 1 aromatic carbocycles. The van der Waals surface area contributed by atoms with E-state index >= 15 is 0 Å². The van der Waals surface area contributed by atoms with E-state index in [9.17, 15) is 4.79 Å². The molecule has 0 amide bonds. The topological polar surface area (TPSA) is 35.5 Å². The predicted molar refractivity (Wildman–Crippen MR) is 55.8 cm³/mol. The van der Waals surface area contributed by atoms with Gasteiger partial charge < -0.3 is 9.47 Å². The summed E-state index contributed by atoms with van der Waals surface area (Å²) in [6, 6.07) is 7.42. The Morgan fingerprint density at radius 3 is 2.73 bits per heavy atom. The summed E-state index contributed by atoms with van der Waals surface area (Å²) in [7, 11) is 0. The van der Waals surface area contributed by atoms with E-state index < -0.39 is 0 Å². The molecule has 1 saturated heterocycles. The van der Waals surface area contributed by atoms with E-state index in [4.69, 9.17) is 9.47 Å². The van der Waals surface area contributed by atoms with Gasteiger partial charge in [0.05, 0.1) is 0 Å². The van der Waals surface area contributed by atoms with Crippen molar-refractivity contribution in [1.82, 2.24) is 0 Å². The van der Waals surface area contributed by atoms with Crippen molar-refractivity contribution in [3.05, 3.63) is 29.8 Å². The summed E-state index contributed by atoms with van der Waals surface area (Å²) >= 11 is 0. The van der Waals surface area contributed by atoms with Gasteiger partial charge in [-0.1, -0.05) is 17.7 Å². The van der Waals surface area contributed by atoms with Crippen LogP contribution in [0.2, 0.25) is 0 Å². The van der Waals surface area contributed by atoms with Crippen molar-refractivity contribution >= 4 is 5.97 Å². The highest BCUT2D eigenvalue weighted by Crippen LogP contribution is 2.17. The number of hydrogen-bond acceptors (Lipinski definition) is 3. The number of carbonyl (C=O) groups is 1. The van der Waals surface area contributed by atoms with Crippen molar-refractivity contribution in [3.63, 3.8) is 0 Å². The zero-order chi connectivity index (χ0) is 10.7. The van der Waals surface area contributed by atoms with Gasteiger partial charge in [-0.15, -0.1) is 0 Å². The summed E-state index contributed by atoms with van der Waals surface area (Å²) in [4.78, 5) is 11.6. The number of aryl methyl sites for hydroxylation is 1. The number of rotatable bonds is 2. The molecule has 0 bridgehead atoms. The molecule has 0 saturated carbocycles. The zero-order valence-corrected chi connectivity index (χ0v) is 8.73. The average Bonchev–Trinajstić information content (AvgIpc) is 2.74. The third-order valence-electron chi connectivity index (χ3n) is 2.43. The second-order valence-corrected chi connectivity index (χ2v) is 3.74. The molecular weight excluding hydrogens is 192 g/mol. The fraction of sp³-hybridized carbons (Fsp3) is 0.417. The van der Waals surface area contributed by atoms with Gasteiger partial charge in [0.15, 0.2) is 6.10 Å². The van der Waals surface area contributed by atoms with E-state index in [0.717, 1.165) is 18.4 Å². The molecule has 2 rings (SSSR count).